The molecule has 0 atom stereocenters. The van der Waals surface area contributed by atoms with E-state index < -0.39 is 10.0 Å². The molecule has 0 saturated heterocycles. The smallest absolute Gasteiger partial charge is 0.240 e. The molecule has 0 spiro atoms. The van der Waals surface area contributed by atoms with E-state index >= 15 is 0 Å². The fourth-order valence-corrected chi connectivity index (χ4v) is 2.93. The summed E-state index contributed by atoms with van der Waals surface area (Å²) in [4.78, 5) is 7.26. The van der Waals surface area contributed by atoms with Gasteiger partial charge in [0.25, 0.3) is 0 Å². The summed E-state index contributed by atoms with van der Waals surface area (Å²) in [6, 6.07) is 8.36. The van der Waals surface area contributed by atoms with E-state index in [1.165, 1.54) is 12.1 Å². The standard InChI is InChI=1S/C14H16N4O2S/c15-8-7-12-3-5-13(6-4-12)21(19,20)18-9-1-2-14-16-10-11-17-14/h3-6,10-11,18H,1-2,7,9H2,(H,16,17). The zero-order chi connectivity index (χ0) is 15.1. The van der Waals surface area contributed by atoms with Gasteiger partial charge in [-0.05, 0) is 24.1 Å². The second kappa shape index (κ2) is 7.02. The number of aryl methyl sites for hydroxylation is 1. The summed E-state index contributed by atoms with van der Waals surface area (Å²) >= 11 is 0. The summed E-state index contributed by atoms with van der Waals surface area (Å²) in [6.45, 7) is 0.350. The van der Waals surface area contributed by atoms with Crippen molar-refractivity contribution >= 4 is 10.0 Å². The Balaban J connectivity index is 1.87. The van der Waals surface area contributed by atoms with Crippen molar-refractivity contribution in [3.05, 3.63) is 48.0 Å². The molecule has 1 aromatic carbocycles. The van der Waals surface area contributed by atoms with Gasteiger partial charge >= 0.3 is 0 Å². The molecule has 2 rings (SSSR count). The van der Waals surface area contributed by atoms with E-state index in [4.69, 9.17) is 5.26 Å². The van der Waals surface area contributed by atoms with Crippen LogP contribution in [-0.4, -0.2) is 24.9 Å². The van der Waals surface area contributed by atoms with Crippen molar-refractivity contribution in [3.8, 4) is 6.07 Å². The molecule has 0 radical (unpaired) electrons. The van der Waals surface area contributed by atoms with E-state index in [2.05, 4.69) is 14.7 Å². The lowest BCUT2D eigenvalue weighted by Gasteiger charge is -2.06. The predicted octanol–water partition coefficient (Wildman–Crippen LogP) is 1.39. The molecule has 6 nitrogen and oxygen atoms in total. The fraction of sp³-hybridized carbons (Fsp3) is 0.286. The summed E-state index contributed by atoms with van der Waals surface area (Å²) in [5, 5.41) is 8.58. The molecule has 0 fully saturated rings. The SMILES string of the molecule is N#CCc1ccc(S(=O)(=O)NCCCc2ncc[nH]2)cc1. The Labute approximate surface area is 123 Å². The minimum Gasteiger partial charge on any atom is -0.349 e. The van der Waals surface area contributed by atoms with E-state index in [0.717, 1.165) is 11.4 Å². The number of nitrogens with zero attached hydrogens (tertiary/aromatic N) is 2. The number of nitriles is 1. The predicted molar refractivity (Wildman–Crippen MR) is 77.9 cm³/mol. The number of rotatable bonds is 7. The van der Waals surface area contributed by atoms with Gasteiger partial charge < -0.3 is 4.98 Å². The number of aromatic amines is 1. The number of imidazole rings is 1. The average Bonchev–Trinajstić information content (AvgIpc) is 2.98. The van der Waals surface area contributed by atoms with Crippen LogP contribution in [0.2, 0.25) is 0 Å². The minimum atomic E-state index is -3.50. The van der Waals surface area contributed by atoms with Crippen LogP contribution in [0.3, 0.4) is 0 Å². The van der Waals surface area contributed by atoms with Gasteiger partial charge in [0, 0.05) is 25.4 Å². The Hall–Kier alpha value is -2.17. The van der Waals surface area contributed by atoms with Crippen LogP contribution < -0.4 is 4.72 Å². The Bertz CT molecular complexity index is 700. The van der Waals surface area contributed by atoms with E-state index in [9.17, 15) is 8.42 Å². The molecule has 0 aliphatic heterocycles. The first-order valence-corrected chi connectivity index (χ1v) is 8.04. The van der Waals surface area contributed by atoms with Crippen molar-refractivity contribution in [2.24, 2.45) is 0 Å². The lowest BCUT2D eigenvalue weighted by molar-refractivity contribution is 0.578. The molecule has 0 saturated carbocycles. The highest BCUT2D eigenvalue weighted by Gasteiger charge is 2.12. The Kier molecular flexibility index (Phi) is 5.09. The first-order chi connectivity index (χ1) is 10.1. The summed E-state index contributed by atoms with van der Waals surface area (Å²) in [6.07, 6.45) is 5.04. The Morgan fingerprint density at radius 1 is 1.29 bits per heavy atom. The normalized spacial score (nSPS) is 11.2. The third kappa shape index (κ3) is 4.41. The Morgan fingerprint density at radius 2 is 2.05 bits per heavy atom. The van der Waals surface area contributed by atoms with Gasteiger partial charge in [-0.25, -0.2) is 18.1 Å². The number of benzene rings is 1. The lowest BCUT2D eigenvalue weighted by atomic mass is 10.2. The number of nitrogens with one attached hydrogen (secondary N) is 2. The minimum absolute atomic E-state index is 0.210. The number of H-pyrrole nitrogens is 1. The summed E-state index contributed by atoms with van der Waals surface area (Å²) in [5.74, 6) is 0.843. The van der Waals surface area contributed by atoms with Crippen molar-refractivity contribution in [3.63, 3.8) is 0 Å². The molecular formula is C14H16N4O2S. The third-order valence-electron chi connectivity index (χ3n) is 2.95. The molecule has 0 unspecified atom stereocenters. The Morgan fingerprint density at radius 3 is 2.67 bits per heavy atom. The first kappa shape index (κ1) is 15.2. The van der Waals surface area contributed by atoms with Gasteiger partial charge in [-0.2, -0.15) is 5.26 Å². The van der Waals surface area contributed by atoms with Gasteiger partial charge in [0.2, 0.25) is 10.0 Å². The molecule has 0 amide bonds. The largest absolute Gasteiger partial charge is 0.349 e. The quantitative estimate of drug-likeness (QED) is 0.755. The molecule has 1 aromatic heterocycles. The average molecular weight is 304 g/mol. The van der Waals surface area contributed by atoms with Gasteiger partial charge in [-0.1, -0.05) is 12.1 Å². The highest BCUT2D eigenvalue weighted by molar-refractivity contribution is 7.89. The molecule has 7 heteroatoms. The van der Waals surface area contributed by atoms with Gasteiger partial charge in [0.15, 0.2) is 0 Å². The molecular weight excluding hydrogens is 288 g/mol. The van der Waals surface area contributed by atoms with Crippen LogP contribution in [0.25, 0.3) is 0 Å². The molecule has 110 valence electrons. The van der Waals surface area contributed by atoms with Crippen molar-refractivity contribution in [2.75, 3.05) is 6.54 Å². The second-order valence-electron chi connectivity index (χ2n) is 4.52. The van der Waals surface area contributed by atoms with Crippen LogP contribution in [0.4, 0.5) is 0 Å². The third-order valence-corrected chi connectivity index (χ3v) is 4.43. The molecule has 0 aliphatic carbocycles. The topological polar surface area (TPSA) is 98.6 Å². The molecule has 2 N–H and O–H groups in total. The molecule has 2 aromatic rings. The van der Waals surface area contributed by atoms with Crippen LogP contribution in [0.15, 0.2) is 41.6 Å². The molecule has 0 bridgehead atoms. The maximum absolute atomic E-state index is 12.1. The van der Waals surface area contributed by atoms with Crippen LogP contribution in [0, 0.1) is 11.3 Å². The summed E-state index contributed by atoms with van der Waals surface area (Å²) in [7, 11) is -3.50. The van der Waals surface area contributed by atoms with Gasteiger partial charge in [0.1, 0.15) is 5.82 Å². The van der Waals surface area contributed by atoms with Crippen LogP contribution >= 0.6 is 0 Å². The number of aromatic nitrogens is 2. The van der Waals surface area contributed by atoms with E-state index in [1.807, 2.05) is 6.07 Å². The van der Waals surface area contributed by atoms with E-state index in [-0.39, 0.29) is 11.3 Å². The first-order valence-electron chi connectivity index (χ1n) is 6.55. The van der Waals surface area contributed by atoms with Crippen molar-refractivity contribution < 1.29 is 8.42 Å². The van der Waals surface area contributed by atoms with Crippen molar-refractivity contribution in [2.45, 2.75) is 24.2 Å². The number of hydrogen-bond donors (Lipinski definition) is 2. The molecule has 0 aliphatic rings. The van der Waals surface area contributed by atoms with Gasteiger partial charge in [0.05, 0.1) is 17.4 Å². The number of sulfonamides is 1. The summed E-state index contributed by atoms with van der Waals surface area (Å²) < 4.78 is 26.7. The second-order valence-corrected chi connectivity index (χ2v) is 6.28. The molecule has 1 heterocycles. The highest BCUT2D eigenvalue weighted by Crippen LogP contribution is 2.11. The van der Waals surface area contributed by atoms with Gasteiger partial charge in [-0.3, -0.25) is 0 Å². The van der Waals surface area contributed by atoms with Crippen LogP contribution in [0.1, 0.15) is 17.8 Å². The van der Waals surface area contributed by atoms with Crippen LogP contribution in [0.5, 0.6) is 0 Å². The zero-order valence-electron chi connectivity index (χ0n) is 11.4. The monoisotopic (exact) mass is 304 g/mol. The maximum atomic E-state index is 12.1. The summed E-state index contributed by atoms with van der Waals surface area (Å²) in [5.41, 5.74) is 0.800. The van der Waals surface area contributed by atoms with E-state index in [1.54, 1.807) is 24.5 Å². The van der Waals surface area contributed by atoms with E-state index in [0.29, 0.717) is 19.4 Å². The lowest BCUT2D eigenvalue weighted by Crippen LogP contribution is -2.25. The maximum Gasteiger partial charge on any atom is 0.240 e. The van der Waals surface area contributed by atoms with Crippen molar-refractivity contribution in [1.82, 2.24) is 14.7 Å². The zero-order valence-corrected chi connectivity index (χ0v) is 12.2. The number of hydrogen-bond acceptors (Lipinski definition) is 4. The highest BCUT2D eigenvalue weighted by atomic mass is 32.2. The van der Waals surface area contributed by atoms with Crippen molar-refractivity contribution in [1.29, 1.82) is 5.26 Å². The van der Waals surface area contributed by atoms with Crippen LogP contribution in [-0.2, 0) is 22.9 Å². The molecule has 21 heavy (non-hydrogen) atoms. The van der Waals surface area contributed by atoms with Gasteiger partial charge in [-0.15, -0.1) is 0 Å². The fourth-order valence-electron chi connectivity index (χ4n) is 1.86.